The molecule has 9 heteroatoms. The number of rotatable bonds is 4. The summed E-state index contributed by atoms with van der Waals surface area (Å²) in [6, 6.07) is 2.32. The monoisotopic (exact) mass is 420 g/mol. The third-order valence-electron chi connectivity index (χ3n) is 5.18. The van der Waals surface area contributed by atoms with E-state index in [1.165, 1.54) is 36.0 Å². The first-order valence-electron chi connectivity index (χ1n) is 9.56. The van der Waals surface area contributed by atoms with Crippen LogP contribution >= 0.6 is 0 Å². The molecule has 0 aliphatic rings. The fourth-order valence-corrected chi connectivity index (χ4v) is 3.76. The van der Waals surface area contributed by atoms with Crippen molar-refractivity contribution < 1.29 is 13.2 Å². The first kappa shape index (κ1) is 21.7. The number of alkyl halides is 3. The van der Waals surface area contributed by atoms with Gasteiger partial charge < -0.3 is 0 Å². The van der Waals surface area contributed by atoms with Gasteiger partial charge in [-0.15, -0.1) is 0 Å². The van der Waals surface area contributed by atoms with Gasteiger partial charge in [0.15, 0.2) is 0 Å². The zero-order valence-corrected chi connectivity index (χ0v) is 17.4. The summed E-state index contributed by atoms with van der Waals surface area (Å²) >= 11 is 0. The molecule has 0 saturated heterocycles. The minimum Gasteiger partial charge on any atom is -0.295 e. The summed E-state index contributed by atoms with van der Waals surface area (Å²) in [5.74, 6) is -0.431. The molecule has 0 bridgehead atoms. The Hall–Kier alpha value is -2.97. The van der Waals surface area contributed by atoms with E-state index >= 15 is 0 Å². The lowest BCUT2D eigenvalue weighted by Crippen LogP contribution is -2.41. The van der Waals surface area contributed by atoms with E-state index in [0.717, 1.165) is 4.57 Å². The zero-order chi connectivity index (χ0) is 22.4. The second kappa shape index (κ2) is 7.70. The SMILES string of the molecule is Cc1cc(CC(C)n2c(=O)c3ccncc3n(C)c2=O)nc(C(C)C)c1C(F)(F)F. The van der Waals surface area contributed by atoms with Crippen LogP contribution in [0.3, 0.4) is 0 Å². The lowest BCUT2D eigenvalue weighted by atomic mass is 9.97. The molecule has 3 heterocycles. The average Bonchev–Trinajstić information content (AvgIpc) is 2.64. The van der Waals surface area contributed by atoms with Gasteiger partial charge in [-0.3, -0.25) is 23.9 Å². The fourth-order valence-electron chi connectivity index (χ4n) is 3.76. The first-order valence-corrected chi connectivity index (χ1v) is 9.56. The minimum absolute atomic E-state index is 0.0328. The van der Waals surface area contributed by atoms with Gasteiger partial charge in [-0.1, -0.05) is 13.8 Å². The molecular weight excluding hydrogens is 397 g/mol. The number of pyridine rings is 2. The number of aromatic nitrogens is 4. The van der Waals surface area contributed by atoms with Gasteiger partial charge in [-0.2, -0.15) is 13.2 Å². The van der Waals surface area contributed by atoms with Crippen LogP contribution in [0.25, 0.3) is 10.9 Å². The van der Waals surface area contributed by atoms with Crippen LogP contribution in [-0.4, -0.2) is 19.1 Å². The average molecular weight is 420 g/mol. The van der Waals surface area contributed by atoms with Crippen LogP contribution in [0, 0.1) is 6.92 Å². The maximum Gasteiger partial charge on any atom is 0.418 e. The number of hydrogen-bond acceptors (Lipinski definition) is 4. The number of nitrogens with zero attached hydrogens (tertiary/aromatic N) is 4. The maximum atomic E-state index is 13.5. The summed E-state index contributed by atoms with van der Waals surface area (Å²) in [4.78, 5) is 33.9. The topological polar surface area (TPSA) is 69.8 Å². The fraction of sp³-hybridized carbons (Fsp3) is 0.429. The van der Waals surface area contributed by atoms with Gasteiger partial charge in [0.2, 0.25) is 0 Å². The van der Waals surface area contributed by atoms with Crippen LogP contribution < -0.4 is 11.2 Å². The number of fused-ring (bicyclic) bond motifs is 1. The highest BCUT2D eigenvalue weighted by Gasteiger charge is 2.37. The molecular formula is C21H23F3N4O2. The van der Waals surface area contributed by atoms with Crippen LogP contribution in [0.5, 0.6) is 0 Å². The third kappa shape index (κ3) is 3.76. The van der Waals surface area contributed by atoms with Crippen molar-refractivity contribution >= 4 is 10.9 Å². The Balaban J connectivity index is 2.11. The van der Waals surface area contributed by atoms with E-state index in [1.54, 1.807) is 27.8 Å². The van der Waals surface area contributed by atoms with Crippen LogP contribution in [0.1, 0.15) is 55.2 Å². The second-order valence-electron chi connectivity index (χ2n) is 7.81. The van der Waals surface area contributed by atoms with Crippen molar-refractivity contribution in [3.8, 4) is 0 Å². The largest absolute Gasteiger partial charge is 0.418 e. The molecule has 0 spiro atoms. The highest BCUT2D eigenvalue weighted by atomic mass is 19.4. The van der Waals surface area contributed by atoms with E-state index in [4.69, 9.17) is 0 Å². The molecule has 0 saturated carbocycles. The predicted octanol–water partition coefficient (Wildman–Crippen LogP) is 3.74. The summed E-state index contributed by atoms with van der Waals surface area (Å²) in [6.07, 6.45) is -1.44. The Bertz CT molecular complexity index is 1230. The number of halogens is 3. The molecule has 0 N–H and O–H groups in total. The van der Waals surface area contributed by atoms with Crippen LogP contribution in [-0.2, 0) is 19.6 Å². The van der Waals surface area contributed by atoms with Gasteiger partial charge in [0.1, 0.15) is 0 Å². The van der Waals surface area contributed by atoms with E-state index < -0.39 is 34.9 Å². The van der Waals surface area contributed by atoms with Crippen LogP contribution in [0.15, 0.2) is 34.1 Å². The zero-order valence-electron chi connectivity index (χ0n) is 17.4. The van der Waals surface area contributed by atoms with Crippen molar-refractivity contribution in [3.63, 3.8) is 0 Å². The van der Waals surface area contributed by atoms with Gasteiger partial charge in [0, 0.05) is 31.4 Å². The molecule has 30 heavy (non-hydrogen) atoms. The van der Waals surface area contributed by atoms with Gasteiger partial charge in [0.05, 0.1) is 28.4 Å². The van der Waals surface area contributed by atoms with Gasteiger partial charge in [0.25, 0.3) is 5.56 Å². The molecule has 1 atom stereocenters. The molecule has 3 aromatic heterocycles. The second-order valence-corrected chi connectivity index (χ2v) is 7.81. The Morgan fingerprint density at radius 2 is 1.83 bits per heavy atom. The standard InChI is InChI=1S/C21H23F3N4O2/c1-11(2)18-17(21(22,23)24)12(3)8-14(26-18)9-13(4)28-19(29)15-6-7-25-10-16(15)27(5)20(28)30/h6-8,10-11,13H,9H2,1-5H3. The molecule has 3 aromatic rings. The van der Waals surface area contributed by atoms with Crippen molar-refractivity contribution in [1.82, 2.24) is 19.1 Å². The maximum absolute atomic E-state index is 13.5. The van der Waals surface area contributed by atoms with E-state index in [9.17, 15) is 22.8 Å². The quantitative estimate of drug-likeness (QED) is 0.645. The Labute approximate surface area is 171 Å². The lowest BCUT2D eigenvalue weighted by Gasteiger charge is -2.21. The molecule has 6 nitrogen and oxygen atoms in total. The highest BCUT2D eigenvalue weighted by Crippen LogP contribution is 2.37. The Morgan fingerprint density at radius 1 is 1.17 bits per heavy atom. The van der Waals surface area contributed by atoms with Crippen molar-refractivity contribution in [1.29, 1.82) is 0 Å². The molecule has 0 aliphatic carbocycles. The van der Waals surface area contributed by atoms with E-state index in [-0.39, 0.29) is 17.7 Å². The molecule has 1 unspecified atom stereocenters. The van der Waals surface area contributed by atoms with E-state index in [0.29, 0.717) is 16.6 Å². The van der Waals surface area contributed by atoms with Crippen LogP contribution in [0.4, 0.5) is 13.2 Å². The highest BCUT2D eigenvalue weighted by molar-refractivity contribution is 5.76. The molecule has 160 valence electrons. The van der Waals surface area contributed by atoms with Crippen LogP contribution in [0.2, 0.25) is 0 Å². The van der Waals surface area contributed by atoms with Gasteiger partial charge >= 0.3 is 11.9 Å². The summed E-state index contributed by atoms with van der Waals surface area (Å²) in [5.41, 5.74) is -0.832. The number of hydrogen-bond donors (Lipinski definition) is 0. The molecule has 0 fully saturated rings. The van der Waals surface area contributed by atoms with Crippen molar-refractivity contribution in [2.45, 2.75) is 52.3 Å². The molecule has 0 aliphatic heterocycles. The van der Waals surface area contributed by atoms with Crippen molar-refractivity contribution in [3.05, 3.63) is 67.9 Å². The lowest BCUT2D eigenvalue weighted by molar-refractivity contribution is -0.139. The minimum atomic E-state index is -4.50. The summed E-state index contributed by atoms with van der Waals surface area (Å²) in [5, 5.41) is 0.346. The Kier molecular flexibility index (Phi) is 5.58. The van der Waals surface area contributed by atoms with Crippen molar-refractivity contribution in [2.75, 3.05) is 0 Å². The van der Waals surface area contributed by atoms with Crippen molar-refractivity contribution in [2.24, 2.45) is 7.05 Å². The Morgan fingerprint density at radius 3 is 2.43 bits per heavy atom. The third-order valence-corrected chi connectivity index (χ3v) is 5.18. The molecule has 0 amide bonds. The predicted molar refractivity (Wildman–Crippen MR) is 108 cm³/mol. The van der Waals surface area contributed by atoms with Gasteiger partial charge in [-0.25, -0.2) is 4.79 Å². The van der Waals surface area contributed by atoms with E-state index in [2.05, 4.69) is 9.97 Å². The smallest absolute Gasteiger partial charge is 0.295 e. The molecule has 3 rings (SSSR count). The normalized spacial score (nSPS) is 13.2. The summed E-state index contributed by atoms with van der Waals surface area (Å²) in [6.45, 7) is 6.39. The van der Waals surface area contributed by atoms with E-state index in [1.807, 2.05) is 0 Å². The molecule has 0 aromatic carbocycles. The first-order chi connectivity index (χ1) is 13.9. The summed E-state index contributed by atoms with van der Waals surface area (Å²) in [7, 11) is 1.55. The summed E-state index contributed by atoms with van der Waals surface area (Å²) < 4.78 is 42.9. The molecule has 0 radical (unpaired) electrons. The number of aryl methyl sites for hydroxylation is 2. The van der Waals surface area contributed by atoms with Gasteiger partial charge in [-0.05, 0) is 37.5 Å².